The van der Waals surface area contributed by atoms with E-state index < -0.39 is 23.5 Å². The van der Waals surface area contributed by atoms with Crippen LogP contribution in [-0.4, -0.2) is 54.6 Å². The number of pyridine rings is 1. The van der Waals surface area contributed by atoms with E-state index in [1.54, 1.807) is 7.11 Å². The minimum atomic E-state index is -1.19. The molecule has 10 heteroatoms. The lowest BCUT2D eigenvalue weighted by molar-refractivity contribution is -0.0796. The average Bonchev–Trinajstić information content (AvgIpc) is 2.82. The quantitative estimate of drug-likeness (QED) is 0.342. The maximum atomic E-state index is 12.3. The second-order valence-electron chi connectivity index (χ2n) is 10.1. The molecule has 2 aromatic rings. The van der Waals surface area contributed by atoms with Gasteiger partial charge in [-0.05, 0) is 74.2 Å². The maximum Gasteiger partial charge on any atom is 0.408 e. The molecule has 2 N–H and O–H groups in total. The standard InChI is InChI=1S/C26H36BrN3O6/c1-25(2,3)36-24(32)29-26(4)11-13-30(14-12-26)19-15-20(22(27)28-21(19)23(31)34-6)35-16-17-7-9-18(33-5)10-8-17/h7-10,15,23,31H,11-14,16H2,1-6H3,(H,29,32). The molecule has 1 aromatic heterocycles. The van der Waals surface area contributed by atoms with E-state index in [4.69, 9.17) is 18.9 Å². The average molecular weight is 566 g/mol. The van der Waals surface area contributed by atoms with Crippen molar-refractivity contribution in [2.75, 3.05) is 32.2 Å². The number of aliphatic hydroxyl groups excluding tert-OH is 1. The highest BCUT2D eigenvalue weighted by molar-refractivity contribution is 9.10. The van der Waals surface area contributed by atoms with Gasteiger partial charge in [-0.15, -0.1) is 0 Å². The number of hydrogen-bond acceptors (Lipinski definition) is 8. The molecule has 3 rings (SSSR count). The summed E-state index contributed by atoms with van der Waals surface area (Å²) in [6.07, 6.45) is -0.242. The topological polar surface area (TPSA) is 102 Å². The molecule has 1 atom stereocenters. The number of carbonyl (C=O) groups is 1. The fraction of sp³-hybridized carbons (Fsp3) is 0.538. The molecule has 0 saturated carbocycles. The number of rotatable bonds is 8. The highest BCUT2D eigenvalue weighted by atomic mass is 79.9. The maximum absolute atomic E-state index is 12.3. The molecule has 1 aliphatic rings. The van der Waals surface area contributed by atoms with E-state index in [9.17, 15) is 9.90 Å². The number of piperidine rings is 1. The van der Waals surface area contributed by atoms with E-state index in [1.165, 1.54) is 7.11 Å². The predicted molar refractivity (Wildman–Crippen MR) is 140 cm³/mol. The van der Waals surface area contributed by atoms with E-state index in [0.29, 0.717) is 48.6 Å². The van der Waals surface area contributed by atoms with E-state index in [-0.39, 0.29) is 0 Å². The molecular weight excluding hydrogens is 530 g/mol. The number of anilines is 1. The van der Waals surface area contributed by atoms with E-state index in [0.717, 1.165) is 17.0 Å². The van der Waals surface area contributed by atoms with Crippen molar-refractivity contribution in [1.29, 1.82) is 0 Å². The first kappa shape index (κ1) is 28.0. The van der Waals surface area contributed by atoms with Crippen LogP contribution in [0, 0.1) is 0 Å². The number of hydrogen-bond donors (Lipinski definition) is 2. The van der Waals surface area contributed by atoms with Gasteiger partial charge in [0.1, 0.15) is 28.3 Å². The van der Waals surface area contributed by atoms with Gasteiger partial charge < -0.3 is 34.3 Å². The summed E-state index contributed by atoms with van der Waals surface area (Å²) in [5.74, 6) is 1.33. The molecule has 0 spiro atoms. The molecule has 1 amide bonds. The van der Waals surface area contributed by atoms with Crippen molar-refractivity contribution < 1.29 is 28.8 Å². The zero-order chi connectivity index (χ0) is 26.5. The number of amides is 1. The van der Waals surface area contributed by atoms with Gasteiger partial charge in [0.25, 0.3) is 0 Å². The number of aliphatic hydroxyl groups is 1. The summed E-state index contributed by atoms with van der Waals surface area (Å²) in [6, 6.07) is 9.50. The summed E-state index contributed by atoms with van der Waals surface area (Å²) in [5, 5.41) is 13.5. The first-order valence-corrected chi connectivity index (χ1v) is 12.7. The molecule has 1 fully saturated rings. The fourth-order valence-electron chi connectivity index (χ4n) is 3.92. The Hall–Kier alpha value is -2.56. The Balaban J connectivity index is 1.75. The van der Waals surface area contributed by atoms with Crippen LogP contribution in [0.2, 0.25) is 0 Å². The van der Waals surface area contributed by atoms with Gasteiger partial charge in [0, 0.05) is 31.8 Å². The molecule has 1 aromatic carbocycles. The molecule has 0 aliphatic carbocycles. The third-order valence-electron chi connectivity index (χ3n) is 5.97. The van der Waals surface area contributed by atoms with Crippen LogP contribution in [0.4, 0.5) is 10.5 Å². The summed E-state index contributed by atoms with van der Waals surface area (Å²) in [7, 11) is 3.05. The monoisotopic (exact) mass is 565 g/mol. The van der Waals surface area contributed by atoms with Crippen molar-refractivity contribution in [3.63, 3.8) is 0 Å². The van der Waals surface area contributed by atoms with Crippen LogP contribution in [0.3, 0.4) is 0 Å². The minimum absolute atomic E-state index is 0.341. The molecule has 1 saturated heterocycles. The van der Waals surface area contributed by atoms with Crippen molar-refractivity contribution >= 4 is 27.7 Å². The molecular formula is C26H36BrN3O6. The van der Waals surface area contributed by atoms with E-state index in [1.807, 2.05) is 58.0 Å². The summed E-state index contributed by atoms with van der Waals surface area (Å²) in [5.41, 5.74) is 1.13. The van der Waals surface area contributed by atoms with Crippen molar-refractivity contribution in [1.82, 2.24) is 10.3 Å². The van der Waals surface area contributed by atoms with Gasteiger partial charge in [0.05, 0.1) is 12.8 Å². The molecule has 1 aliphatic heterocycles. The second kappa shape index (κ2) is 11.7. The van der Waals surface area contributed by atoms with Crippen LogP contribution >= 0.6 is 15.9 Å². The number of methoxy groups -OCH3 is 2. The smallest absolute Gasteiger partial charge is 0.408 e. The Kier molecular flexibility index (Phi) is 9.08. The van der Waals surface area contributed by atoms with Gasteiger partial charge >= 0.3 is 6.09 Å². The van der Waals surface area contributed by atoms with Crippen molar-refractivity contribution in [2.45, 2.75) is 64.6 Å². The van der Waals surface area contributed by atoms with E-state index in [2.05, 4.69) is 31.1 Å². The van der Waals surface area contributed by atoms with Gasteiger partial charge in [0.15, 0.2) is 12.0 Å². The summed E-state index contributed by atoms with van der Waals surface area (Å²) < 4.78 is 22.4. The van der Waals surface area contributed by atoms with E-state index >= 15 is 0 Å². The Labute approximate surface area is 221 Å². The van der Waals surface area contributed by atoms with Crippen molar-refractivity contribution in [3.05, 3.63) is 46.2 Å². The molecule has 36 heavy (non-hydrogen) atoms. The number of aromatic nitrogens is 1. The highest BCUT2D eigenvalue weighted by Gasteiger charge is 2.34. The molecule has 0 bridgehead atoms. The van der Waals surface area contributed by atoms with Gasteiger partial charge in [-0.1, -0.05) is 12.1 Å². The molecule has 198 valence electrons. The van der Waals surface area contributed by atoms with Gasteiger partial charge in [-0.25, -0.2) is 9.78 Å². The number of ether oxygens (including phenoxy) is 4. The van der Waals surface area contributed by atoms with Crippen LogP contribution in [-0.2, 0) is 16.1 Å². The molecule has 2 heterocycles. The third-order valence-corrected chi connectivity index (χ3v) is 6.54. The summed E-state index contributed by atoms with van der Waals surface area (Å²) in [6.45, 7) is 9.16. The summed E-state index contributed by atoms with van der Waals surface area (Å²) >= 11 is 3.47. The number of nitrogens with one attached hydrogen (secondary N) is 1. The summed E-state index contributed by atoms with van der Waals surface area (Å²) in [4.78, 5) is 19.0. The Morgan fingerprint density at radius 2 is 1.86 bits per heavy atom. The first-order valence-electron chi connectivity index (χ1n) is 11.9. The predicted octanol–water partition coefficient (Wildman–Crippen LogP) is 4.95. The Morgan fingerprint density at radius 1 is 1.22 bits per heavy atom. The van der Waals surface area contributed by atoms with Crippen LogP contribution < -0.4 is 19.7 Å². The first-order chi connectivity index (χ1) is 16.9. The number of halogens is 1. The van der Waals surface area contributed by atoms with Gasteiger partial charge in [0.2, 0.25) is 0 Å². The molecule has 9 nitrogen and oxygen atoms in total. The van der Waals surface area contributed by atoms with Crippen LogP contribution in [0.15, 0.2) is 34.9 Å². The zero-order valence-corrected chi connectivity index (χ0v) is 23.3. The minimum Gasteiger partial charge on any atom is -0.497 e. The highest BCUT2D eigenvalue weighted by Crippen LogP contribution is 2.37. The second-order valence-corrected chi connectivity index (χ2v) is 10.8. The lowest BCUT2D eigenvalue weighted by atomic mass is 9.89. The van der Waals surface area contributed by atoms with Gasteiger partial charge in [-0.2, -0.15) is 0 Å². The molecule has 1 unspecified atom stereocenters. The number of benzene rings is 1. The Bertz CT molecular complexity index is 1030. The third kappa shape index (κ3) is 7.47. The SMILES string of the molecule is COc1ccc(COc2cc(N3CCC(C)(NC(=O)OC(C)(C)C)CC3)c(C(O)OC)nc2Br)cc1. The largest absolute Gasteiger partial charge is 0.497 e. The van der Waals surface area contributed by atoms with Gasteiger partial charge in [-0.3, -0.25) is 0 Å². The number of nitrogens with zero attached hydrogens (tertiary/aromatic N) is 2. The zero-order valence-electron chi connectivity index (χ0n) is 21.8. The normalized spacial score (nSPS) is 16.3. The van der Waals surface area contributed by atoms with Crippen molar-refractivity contribution in [2.24, 2.45) is 0 Å². The van der Waals surface area contributed by atoms with Crippen molar-refractivity contribution in [3.8, 4) is 11.5 Å². The lowest BCUT2D eigenvalue weighted by Crippen LogP contribution is -2.54. The van der Waals surface area contributed by atoms with Crippen LogP contribution in [0.5, 0.6) is 11.5 Å². The van der Waals surface area contributed by atoms with Crippen LogP contribution in [0.25, 0.3) is 0 Å². The Morgan fingerprint density at radius 3 is 2.42 bits per heavy atom. The van der Waals surface area contributed by atoms with Crippen LogP contribution in [0.1, 0.15) is 58.1 Å². The number of alkyl carbamates (subject to hydrolysis) is 1. The molecule has 0 radical (unpaired) electrons. The lowest BCUT2D eigenvalue weighted by Gasteiger charge is -2.41. The number of carbonyl (C=O) groups excluding carboxylic acids is 1. The fourth-order valence-corrected chi connectivity index (χ4v) is 4.34.